The zero-order valence-electron chi connectivity index (χ0n) is 9.84. The number of nitrogens with one attached hydrogen (secondary N) is 1. The summed E-state index contributed by atoms with van der Waals surface area (Å²) in [5, 5.41) is 11.5. The molecule has 94 valence electrons. The van der Waals surface area contributed by atoms with Crippen molar-refractivity contribution in [1.29, 1.82) is 5.26 Å². The minimum Gasteiger partial charge on any atom is -0.478 e. The van der Waals surface area contributed by atoms with Gasteiger partial charge in [-0.15, -0.1) is 11.3 Å². The molecule has 1 aliphatic heterocycles. The number of hydrogen-bond donors (Lipinski definition) is 1. The first-order valence-corrected chi connectivity index (χ1v) is 6.56. The lowest BCUT2D eigenvalue weighted by Crippen LogP contribution is -2.23. The van der Waals surface area contributed by atoms with Gasteiger partial charge in [-0.2, -0.15) is 5.26 Å². The number of nitriles is 1. The highest BCUT2D eigenvalue weighted by Crippen LogP contribution is 2.20. The van der Waals surface area contributed by atoms with Crippen LogP contribution in [0.5, 0.6) is 0 Å². The summed E-state index contributed by atoms with van der Waals surface area (Å²) in [5.41, 5.74) is 3.61. The lowest BCUT2D eigenvalue weighted by molar-refractivity contribution is 0.0930. The van der Waals surface area contributed by atoms with Crippen LogP contribution in [0.1, 0.15) is 16.8 Å². The van der Waals surface area contributed by atoms with Gasteiger partial charge in [0.15, 0.2) is 0 Å². The van der Waals surface area contributed by atoms with Crippen molar-refractivity contribution in [2.24, 2.45) is 0 Å². The molecule has 2 heterocycles. The molecule has 0 saturated heterocycles. The van der Waals surface area contributed by atoms with Crippen LogP contribution in [-0.4, -0.2) is 17.5 Å². The Balaban J connectivity index is 1.86. The first-order chi connectivity index (χ1) is 9.28. The third-order valence-electron chi connectivity index (χ3n) is 2.83. The van der Waals surface area contributed by atoms with E-state index in [1.165, 1.54) is 11.3 Å². The summed E-state index contributed by atoms with van der Waals surface area (Å²) in [4.78, 5) is 16.2. The second-order valence-electron chi connectivity index (χ2n) is 4.01. The summed E-state index contributed by atoms with van der Waals surface area (Å²) >= 11 is 1.48. The predicted octanol–water partition coefficient (Wildman–Crippen LogP) is 2.18. The fourth-order valence-corrected chi connectivity index (χ4v) is 2.56. The van der Waals surface area contributed by atoms with Crippen LogP contribution in [0, 0.1) is 11.3 Å². The molecule has 3 rings (SSSR count). The minimum atomic E-state index is -0.278. The third-order valence-corrected chi connectivity index (χ3v) is 3.62. The molecular formula is C13H9N3O2S. The van der Waals surface area contributed by atoms with E-state index in [9.17, 15) is 4.79 Å². The molecular weight excluding hydrogens is 262 g/mol. The van der Waals surface area contributed by atoms with Gasteiger partial charge >= 0.3 is 0 Å². The number of amides is 1. The summed E-state index contributed by atoms with van der Waals surface area (Å²) in [5.74, 6) is -0.00292. The summed E-state index contributed by atoms with van der Waals surface area (Å²) in [6.07, 6.45) is 0.542. The SMILES string of the molecule is N#CC1=C(NC(=O)c2ccc3ncsc3c2)OCC1. The molecule has 1 amide bonds. The van der Waals surface area contributed by atoms with Crippen LogP contribution in [0.3, 0.4) is 0 Å². The van der Waals surface area contributed by atoms with E-state index in [0.717, 1.165) is 10.2 Å². The van der Waals surface area contributed by atoms with Crippen LogP contribution >= 0.6 is 11.3 Å². The lowest BCUT2D eigenvalue weighted by Gasteiger charge is -2.06. The Bertz CT molecular complexity index is 727. The van der Waals surface area contributed by atoms with Crippen LogP contribution < -0.4 is 5.32 Å². The van der Waals surface area contributed by atoms with Gasteiger partial charge in [0.1, 0.15) is 6.07 Å². The van der Waals surface area contributed by atoms with Gasteiger partial charge in [0.2, 0.25) is 5.88 Å². The highest BCUT2D eigenvalue weighted by molar-refractivity contribution is 7.16. The largest absolute Gasteiger partial charge is 0.478 e. The number of nitrogens with zero attached hydrogens (tertiary/aromatic N) is 2. The van der Waals surface area contributed by atoms with E-state index >= 15 is 0 Å². The van der Waals surface area contributed by atoms with Gasteiger partial charge in [-0.05, 0) is 18.2 Å². The zero-order chi connectivity index (χ0) is 13.2. The molecule has 0 spiro atoms. The van der Waals surface area contributed by atoms with E-state index in [-0.39, 0.29) is 11.8 Å². The van der Waals surface area contributed by atoms with Crippen molar-refractivity contribution in [2.45, 2.75) is 6.42 Å². The van der Waals surface area contributed by atoms with Gasteiger partial charge in [0.05, 0.1) is 27.9 Å². The Morgan fingerprint density at radius 1 is 1.53 bits per heavy atom. The quantitative estimate of drug-likeness (QED) is 0.908. The van der Waals surface area contributed by atoms with Crippen LogP contribution in [-0.2, 0) is 4.74 Å². The Morgan fingerprint density at radius 3 is 3.26 bits per heavy atom. The molecule has 1 aromatic heterocycles. The molecule has 1 aliphatic rings. The zero-order valence-corrected chi connectivity index (χ0v) is 10.7. The van der Waals surface area contributed by atoms with Crippen LogP contribution in [0.25, 0.3) is 10.2 Å². The lowest BCUT2D eigenvalue weighted by atomic mass is 10.2. The average molecular weight is 271 g/mol. The fourth-order valence-electron chi connectivity index (χ4n) is 1.85. The van der Waals surface area contributed by atoms with Gasteiger partial charge in [-0.25, -0.2) is 4.98 Å². The summed E-state index contributed by atoms with van der Waals surface area (Å²) in [6, 6.07) is 7.32. The molecule has 2 aromatic rings. The molecule has 0 unspecified atom stereocenters. The second kappa shape index (κ2) is 4.71. The monoisotopic (exact) mass is 271 g/mol. The molecule has 0 fully saturated rings. The Hall–Kier alpha value is -2.39. The maximum atomic E-state index is 12.1. The number of carbonyl (C=O) groups is 1. The molecule has 0 saturated carbocycles. The number of thiazole rings is 1. The normalized spacial score (nSPS) is 14.3. The summed E-state index contributed by atoms with van der Waals surface area (Å²) < 4.78 is 6.19. The molecule has 19 heavy (non-hydrogen) atoms. The van der Waals surface area contributed by atoms with E-state index in [2.05, 4.69) is 10.3 Å². The van der Waals surface area contributed by atoms with Crippen molar-refractivity contribution >= 4 is 27.5 Å². The third kappa shape index (κ3) is 2.16. The summed E-state index contributed by atoms with van der Waals surface area (Å²) in [7, 11) is 0. The topological polar surface area (TPSA) is 75.0 Å². The number of rotatable bonds is 2. The first-order valence-electron chi connectivity index (χ1n) is 5.68. The van der Waals surface area contributed by atoms with E-state index in [4.69, 9.17) is 10.00 Å². The van der Waals surface area contributed by atoms with Gasteiger partial charge in [-0.3, -0.25) is 10.1 Å². The van der Waals surface area contributed by atoms with E-state index in [1.54, 1.807) is 23.7 Å². The van der Waals surface area contributed by atoms with Crippen molar-refractivity contribution in [3.63, 3.8) is 0 Å². The van der Waals surface area contributed by atoms with Crippen molar-refractivity contribution < 1.29 is 9.53 Å². The van der Waals surface area contributed by atoms with Gasteiger partial charge in [-0.1, -0.05) is 0 Å². The molecule has 6 heteroatoms. The standard InChI is InChI=1S/C13H9N3O2S/c14-6-9-3-4-18-13(9)16-12(17)8-1-2-10-11(5-8)19-7-15-10/h1-2,5,7H,3-4H2,(H,16,17). The number of carbonyl (C=O) groups excluding carboxylic acids is 1. The van der Waals surface area contributed by atoms with Crippen LogP contribution in [0.4, 0.5) is 0 Å². The first kappa shape index (κ1) is 11.7. The van der Waals surface area contributed by atoms with E-state index in [0.29, 0.717) is 24.2 Å². The highest BCUT2D eigenvalue weighted by atomic mass is 32.1. The van der Waals surface area contributed by atoms with E-state index in [1.807, 2.05) is 6.07 Å². The van der Waals surface area contributed by atoms with Crippen molar-refractivity contribution in [3.05, 3.63) is 40.7 Å². The van der Waals surface area contributed by atoms with Crippen molar-refractivity contribution in [3.8, 4) is 6.07 Å². The van der Waals surface area contributed by atoms with Gasteiger partial charge in [0.25, 0.3) is 5.91 Å². The smallest absolute Gasteiger partial charge is 0.258 e. The number of ether oxygens (including phenoxy) is 1. The van der Waals surface area contributed by atoms with Crippen LogP contribution in [0.2, 0.25) is 0 Å². The maximum Gasteiger partial charge on any atom is 0.258 e. The Morgan fingerprint density at radius 2 is 2.42 bits per heavy atom. The van der Waals surface area contributed by atoms with Crippen molar-refractivity contribution in [2.75, 3.05) is 6.61 Å². The predicted molar refractivity (Wildman–Crippen MR) is 70.3 cm³/mol. The van der Waals surface area contributed by atoms with Gasteiger partial charge in [0, 0.05) is 12.0 Å². The molecule has 5 nitrogen and oxygen atoms in total. The fraction of sp³-hybridized carbons (Fsp3) is 0.154. The molecule has 0 atom stereocenters. The van der Waals surface area contributed by atoms with Crippen LogP contribution in [0.15, 0.2) is 35.2 Å². The summed E-state index contributed by atoms with van der Waals surface area (Å²) in [6.45, 7) is 0.437. The average Bonchev–Trinajstić information content (AvgIpc) is 3.05. The Labute approximate surface area is 113 Å². The number of benzene rings is 1. The van der Waals surface area contributed by atoms with Crippen molar-refractivity contribution in [1.82, 2.24) is 10.3 Å². The highest BCUT2D eigenvalue weighted by Gasteiger charge is 2.19. The molecule has 0 bridgehead atoms. The minimum absolute atomic E-state index is 0.275. The number of fused-ring (bicyclic) bond motifs is 1. The maximum absolute atomic E-state index is 12.1. The second-order valence-corrected chi connectivity index (χ2v) is 4.89. The Kier molecular flexibility index (Phi) is 2.89. The number of aromatic nitrogens is 1. The molecule has 1 N–H and O–H groups in total. The molecule has 0 aliphatic carbocycles. The van der Waals surface area contributed by atoms with E-state index < -0.39 is 0 Å². The molecule has 1 aromatic carbocycles. The number of hydrogen-bond acceptors (Lipinski definition) is 5. The molecule has 0 radical (unpaired) electrons. The van der Waals surface area contributed by atoms with Gasteiger partial charge < -0.3 is 4.74 Å².